The van der Waals surface area contributed by atoms with Crippen LogP contribution in [0.1, 0.15) is 15.9 Å². The minimum Gasteiger partial charge on any atom is -0.496 e. The molecule has 0 saturated carbocycles. The van der Waals surface area contributed by atoms with Crippen LogP contribution in [0.3, 0.4) is 0 Å². The van der Waals surface area contributed by atoms with E-state index < -0.39 is 0 Å². The zero-order valence-electron chi connectivity index (χ0n) is 15.5. The Morgan fingerprint density at radius 1 is 1.24 bits per heavy atom. The van der Waals surface area contributed by atoms with Gasteiger partial charge in [-0.25, -0.2) is 4.98 Å². The van der Waals surface area contributed by atoms with Crippen LogP contribution in [-0.4, -0.2) is 23.0 Å². The van der Waals surface area contributed by atoms with E-state index in [1.165, 1.54) is 7.11 Å². The molecule has 0 aliphatic heterocycles. The number of carbonyl (C=O) groups is 1. The van der Waals surface area contributed by atoms with E-state index in [-0.39, 0.29) is 5.91 Å². The van der Waals surface area contributed by atoms with Gasteiger partial charge < -0.3 is 14.5 Å². The first-order chi connectivity index (χ1) is 14.0. The molecule has 0 unspecified atom stereocenters. The maximum Gasteiger partial charge on any atom is 0.259 e. The maximum absolute atomic E-state index is 12.9. The number of aryl methyl sites for hydroxylation is 1. The number of carbonyl (C=O) groups excluding carboxylic acids is 1. The fourth-order valence-electron chi connectivity index (χ4n) is 3.02. The molecule has 2 aromatic carbocycles. The number of benzene rings is 2. The summed E-state index contributed by atoms with van der Waals surface area (Å²) in [6, 6.07) is 12.2. The molecule has 6 nitrogen and oxygen atoms in total. The number of ether oxygens (including phenoxy) is 1. The predicted octanol–water partition coefficient (Wildman–Crippen LogP) is 5.88. The van der Waals surface area contributed by atoms with E-state index in [2.05, 4.69) is 31.2 Å². The molecule has 8 heteroatoms. The Morgan fingerprint density at radius 3 is 2.83 bits per heavy atom. The van der Waals surface area contributed by atoms with E-state index in [9.17, 15) is 4.79 Å². The molecule has 4 aromatic rings. The molecule has 0 bridgehead atoms. The Morgan fingerprint density at radius 2 is 2.07 bits per heavy atom. The van der Waals surface area contributed by atoms with E-state index in [1.54, 1.807) is 42.6 Å². The first-order valence-electron chi connectivity index (χ1n) is 8.63. The molecular formula is C21H15BrClN3O3. The van der Waals surface area contributed by atoms with Crippen LogP contribution in [0.15, 0.2) is 57.6 Å². The quantitative estimate of drug-likeness (QED) is 0.402. The number of pyridine rings is 1. The number of rotatable bonds is 4. The summed E-state index contributed by atoms with van der Waals surface area (Å²) in [4.78, 5) is 21.4. The second-order valence-electron chi connectivity index (χ2n) is 6.30. The summed E-state index contributed by atoms with van der Waals surface area (Å²) in [5.74, 6) is 0.541. The van der Waals surface area contributed by atoms with Crippen LogP contribution < -0.4 is 10.1 Å². The first-order valence-corrected chi connectivity index (χ1v) is 9.80. The van der Waals surface area contributed by atoms with E-state index >= 15 is 0 Å². The zero-order chi connectivity index (χ0) is 20.5. The van der Waals surface area contributed by atoms with Crippen molar-refractivity contribution in [1.29, 1.82) is 0 Å². The summed E-state index contributed by atoms with van der Waals surface area (Å²) >= 11 is 9.76. The third kappa shape index (κ3) is 3.83. The van der Waals surface area contributed by atoms with Gasteiger partial charge in [-0.1, -0.05) is 27.5 Å². The normalized spacial score (nSPS) is 10.9. The third-order valence-electron chi connectivity index (χ3n) is 4.31. The van der Waals surface area contributed by atoms with Crippen LogP contribution in [0.2, 0.25) is 5.02 Å². The summed E-state index contributed by atoms with van der Waals surface area (Å²) < 4.78 is 11.9. The predicted molar refractivity (Wildman–Crippen MR) is 116 cm³/mol. The van der Waals surface area contributed by atoms with Gasteiger partial charge in [0.05, 0.1) is 23.3 Å². The number of hydrogen-bond acceptors (Lipinski definition) is 5. The van der Waals surface area contributed by atoms with Crippen LogP contribution in [0.4, 0.5) is 5.69 Å². The molecule has 2 aromatic heterocycles. The van der Waals surface area contributed by atoms with Crippen molar-refractivity contribution in [2.45, 2.75) is 6.92 Å². The van der Waals surface area contributed by atoms with E-state index in [1.807, 2.05) is 13.0 Å². The highest BCUT2D eigenvalue weighted by Gasteiger charge is 2.18. The molecule has 0 spiro atoms. The molecule has 0 fully saturated rings. The standard InChI is InChI=1S/C21H15BrClN3O3/c1-11-8-12(22)9-15(18(11)28-2)20(27)25-13-5-6-16(23)14(10-13)21-26-19-17(29-21)4-3-7-24-19/h3-10H,1-2H3,(H,25,27). The Bertz CT molecular complexity index is 1210. The van der Waals surface area contributed by atoms with Crippen molar-refractivity contribution in [3.8, 4) is 17.2 Å². The summed E-state index contributed by atoms with van der Waals surface area (Å²) in [5, 5.41) is 3.32. The Labute approximate surface area is 180 Å². The number of halogens is 2. The largest absolute Gasteiger partial charge is 0.496 e. The van der Waals surface area contributed by atoms with Crippen LogP contribution in [0.5, 0.6) is 5.75 Å². The molecular weight excluding hydrogens is 458 g/mol. The number of oxazole rings is 1. The average molecular weight is 473 g/mol. The highest BCUT2D eigenvalue weighted by Crippen LogP contribution is 2.33. The SMILES string of the molecule is COc1c(C)cc(Br)cc1C(=O)Nc1ccc(Cl)c(-c2nc3ncccc3o2)c1. The molecule has 29 heavy (non-hydrogen) atoms. The molecule has 1 N–H and O–H groups in total. The van der Waals surface area contributed by atoms with E-state index in [0.29, 0.717) is 44.7 Å². The fraction of sp³-hybridized carbons (Fsp3) is 0.0952. The van der Waals surface area contributed by atoms with E-state index in [0.717, 1.165) is 10.0 Å². The van der Waals surface area contributed by atoms with Crippen molar-refractivity contribution in [2.24, 2.45) is 0 Å². The molecule has 0 atom stereocenters. The van der Waals surface area contributed by atoms with Gasteiger partial charge in [-0.05, 0) is 55.0 Å². The highest BCUT2D eigenvalue weighted by molar-refractivity contribution is 9.10. The Balaban J connectivity index is 1.69. The lowest BCUT2D eigenvalue weighted by Gasteiger charge is -2.13. The Hall–Kier alpha value is -2.90. The molecule has 0 aliphatic rings. The van der Waals surface area contributed by atoms with Crippen molar-refractivity contribution in [2.75, 3.05) is 12.4 Å². The summed E-state index contributed by atoms with van der Waals surface area (Å²) in [5.41, 5.74) is 3.42. The van der Waals surface area contributed by atoms with Gasteiger partial charge in [0.1, 0.15) is 5.75 Å². The van der Waals surface area contributed by atoms with Crippen molar-refractivity contribution < 1.29 is 13.9 Å². The van der Waals surface area contributed by atoms with Crippen molar-refractivity contribution in [3.05, 3.63) is 69.3 Å². The van der Waals surface area contributed by atoms with Gasteiger partial charge in [0.25, 0.3) is 5.91 Å². The number of fused-ring (bicyclic) bond motifs is 1. The average Bonchev–Trinajstić information content (AvgIpc) is 3.12. The first kappa shape index (κ1) is 19.4. The van der Waals surface area contributed by atoms with Crippen molar-refractivity contribution >= 4 is 50.4 Å². The molecule has 0 radical (unpaired) electrons. The zero-order valence-corrected chi connectivity index (χ0v) is 17.8. The van der Waals surface area contributed by atoms with Crippen LogP contribution >= 0.6 is 27.5 Å². The summed E-state index contributed by atoms with van der Waals surface area (Å²) in [6.07, 6.45) is 1.64. The molecule has 4 rings (SSSR count). The second-order valence-corrected chi connectivity index (χ2v) is 7.62. The van der Waals surface area contributed by atoms with Crippen molar-refractivity contribution in [3.63, 3.8) is 0 Å². The van der Waals surface area contributed by atoms with Crippen LogP contribution in [0, 0.1) is 6.92 Å². The summed E-state index contributed by atoms with van der Waals surface area (Å²) in [6.45, 7) is 1.88. The Kier molecular flexibility index (Phi) is 5.25. The lowest BCUT2D eigenvalue weighted by molar-refractivity contribution is 0.102. The van der Waals surface area contributed by atoms with Crippen LogP contribution in [-0.2, 0) is 0 Å². The molecule has 146 valence electrons. The number of methoxy groups -OCH3 is 1. The van der Waals surface area contributed by atoms with Gasteiger partial charge in [-0.3, -0.25) is 4.79 Å². The van der Waals surface area contributed by atoms with Gasteiger partial charge in [-0.2, -0.15) is 4.98 Å². The molecule has 2 heterocycles. The fourth-order valence-corrected chi connectivity index (χ4v) is 3.79. The lowest BCUT2D eigenvalue weighted by Crippen LogP contribution is -2.14. The van der Waals surface area contributed by atoms with Crippen molar-refractivity contribution in [1.82, 2.24) is 9.97 Å². The number of aromatic nitrogens is 2. The minimum absolute atomic E-state index is 0.307. The van der Waals surface area contributed by atoms with Gasteiger partial charge >= 0.3 is 0 Å². The second kappa shape index (κ2) is 7.85. The molecule has 1 amide bonds. The maximum atomic E-state index is 12.9. The number of hydrogen-bond donors (Lipinski definition) is 1. The molecule has 0 aliphatic carbocycles. The number of nitrogens with zero attached hydrogens (tertiary/aromatic N) is 2. The number of amides is 1. The van der Waals surface area contributed by atoms with Gasteiger partial charge in [0.2, 0.25) is 5.89 Å². The van der Waals surface area contributed by atoms with Gasteiger partial charge in [0.15, 0.2) is 11.2 Å². The molecule has 0 saturated heterocycles. The highest BCUT2D eigenvalue weighted by atomic mass is 79.9. The number of anilines is 1. The monoisotopic (exact) mass is 471 g/mol. The number of nitrogens with one attached hydrogen (secondary N) is 1. The van der Waals surface area contributed by atoms with Crippen LogP contribution in [0.25, 0.3) is 22.7 Å². The third-order valence-corrected chi connectivity index (χ3v) is 5.10. The topological polar surface area (TPSA) is 77.2 Å². The van der Waals surface area contributed by atoms with Gasteiger partial charge in [0, 0.05) is 16.4 Å². The minimum atomic E-state index is -0.307. The summed E-state index contributed by atoms with van der Waals surface area (Å²) in [7, 11) is 1.54. The smallest absolute Gasteiger partial charge is 0.259 e. The van der Waals surface area contributed by atoms with E-state index in [4.69, 9.17) is 20.8 Å². The lowest BCUT2D eigenvalue weighted by atomic mass is 10.1. The van der Waals surface area contributed by atoms with Gasteiger partial charge in [-0.15, -0.1) is 0 Å².